The zero-order valence-corrected chi connectivity index (χ0v) is 14.0. The molecule has 132 valence electrons. The van der Waals surface area contributed by atoms with Crippen molar-refractivity contribution in [2.75, 3.05) is 40.5 Å². The summed E-state index contributed by atoms with van der Waals surface area (Å²) in [6, 6.07) is 3.98. The number of nitrogens with zero attached hydrogens (tertiary/aromatic N) is 1. The van der Waals surface area contributed by atoms with E-state index in [4.69, 9.17) is 9.47 Å². The molecule has 0 aliphatic carbocycles. The van der Waals surface area contributed by atoms with Crippen LogP contribution >= 0.6 is 0 Å². The number of ether oxygens (including phenoxy) is 2. The molecule has 0 bridgehead atoms. The minimum absolute atomic E-state index is 0.121. The molecule has 0 spiro atoms. The summed E-state index contributed by atoms with van der Waals surface area (Å²) in [6.45, 7) is 2.76. The number of nitro benzene ring substituents is 1. The number of hydrogen-bond acceptors (Lipinski definition) is 6. The van der Waals surface area contributed by atoms with Crippen LogP contribution in [0.4, 0.5) is 5.69 Å². The summed E-state index contributed by atoms with van der Waals surface area (Å²) in [4.78, 5) is 22.9. The average Bonchev–Trinajstić information content (AvgIpc) is 2.60. The highest BCUT2D eigenvalue weighted by Crippen LogP contribution is 2.29. The Morgan fingerprint density at radius 1 is 1.38 bits per heavy atom. The standard InChI is InChI=1S/C16H23N3O5/c1-23-11-16(5-7-17-8-6-16)10-18-15(20)13-9-12(19(21)22)3-4-14(13)24-2/h3-4,9,17H,5-8,10-11H2,1-2H3,(H,18,20). The molecular formula is C16H23N3O5. The van der Waals surface area contributed by atoms with E-state index in [2.05, 4.69) is 10.6 Å². The maximum absolute atomic E-state index is 12.5. The van der Waals surface area contributed by atoms with Crippen LogP contribution in [0.25, 0.3) is 0 Å². The van der Waals surface area contributed by atoms with Crippen molar-refractivity contribution in [1.29, 1.82) is 0 Å². The Balaban J connectivity index is 2.13. The van der Waals surface area contributed by atoms with Crippen LogP contribution in [0.5, 0.6) is 5.75 Å². The Labute approximate surface area is 140 Å². The fourth-order valence-corrected chi connectivity index (χ4v) is 2.99. The highest BCUT2D eigenvalue weighted by molar-refractivity contribution is 5.97. The number of non-ortho nitro benzene ring substituents is 1. The fourth-order valence-electron chi connectivity index (χ4n) is 2.99. The second-order valence-corrected chi connectivity index (χ2v) is 6.01. The third kappa shape index (κ3) is 4.21. The number of carbonyl (C=O) groups excluding carboxylic acids is 1. The topological polar surface area (TPSA) is 103 Å². The Morgan fingerprint density at radius 2 is 2.08 bits per heavy atom. The van der Waals surface area contributed by atoms with Gasteiger partial charge in [-0.1, -0.05) is 0 Å². The van der Waals surface area contributed by atoms with Gasteiger partial charge in [0.2, 0.25) is 0 Å². The minimum Gasteiger partial charge on any atom is -0.496 e. The molecule has 1 aliphatic rings. The smallest absolute Gasteiger partial charge is 0.270 e. The molecule has 24 heavy (non-hydrogen) atoms. The maximum Gasteiger partial charge on any atom is 0.270 e. The van der Waals surface area contributed by atoms with E-state index in [1.807, 2.05) is 0 Å². The van der Waals surface area contributed by atoms with Crippen molar-refractivity contribution in [2.45, 2.75) is 12.8 Å². The predicted octanol–water partition coefficient (Wildman–Crippen LogP) is 1.35. The summed E-state index contributed by atoms with van der Waals surface area (Å²) in [5, 5.41) is 17.1. The van der Waals surface area contributed by atoms with Gasteiger partial charge in [0.15, 0.2) is 0 Å². The molecule has 8 heteroatoms. The molecule has 0 atom stereocenters. The second kappa shape index (κ2) is 8.07. The van der Waals surface area contributed by atoms with E-state index in [1.54, 1.807) is 7.11 Å². The van der Waals surface area contributed by atoms with Crippen LogP contribution in [0.1, 0.15) is 23.2 Å². The Morgan fingerprint density at radius 3 is 2.67 bits per heavy atom. The molecule has 1 aliphatic heterocycles. The van der Waals surface area contributed by atoms with Gasteiger partial charge in [-0.3, -0.25) is 14.9 Å². The van der Waals surface area contributed by atoms with Gasteiger partial charge in [0.05, 0.1) is 24.2 Å². The summed E-state index contributed by atoms with van der Waals surface area (Å²) in [5.74, 6) is -0.0752. The second-order valence-electron chi connectivity index (χ2n) is 6.01. The molecule has 1 heterocycles. The first-order chi connectivity index (χ1) is 11.5. The Kier molecular flexibility index (Phi) is 6.10. The van der Waals surface area contributed by atoms with Gasteiger partial charge in [-0.2, -0.15) is 0 Å². The molecule has 2 N–H and O–H groups in total. The van der Waals surface area contributed by atoms with Crippen LogP contribution in [0, 0.1) is 15.5 Å². The van der Waals surface area contributed by atoms with E-state index in [0.717, 1.165) is 25.9 Å². The number of nitro groups is 1. The van der Waals surface area contributed by atoms with Crippen molar-refractivity contribution in [2.24, 2.45) is 5.41 Å². The molecule has 0 saturated carbocycles. The number of carbonyl (C=O) groups is 1. The van der Waals surface area contributed by atoms with E-state index in [0.29, 0.717) is 18.9 Å². The number of rotatable bonds is 7. The van der Waals surface area contributed by atoms with Crippen LogP contribution in [0.15, 0.2) is 18.2 Å². The minimum atomic E-state index is -0.532. The molecule has 0 radical (unpaired) electrons. The molecule has 8 nitrogen and oxygen atoms in total. The van der Waals surface area contributed by atoms with Crippen LogP contribution in [0.2, 0.25) is 0 Å². The number of hydrogen-bond donors (Lipinski definition) is 2. The summed E-state index contributed by atoms with van der Waals surface area (Å²) in [6.07, 6.45) is 1.79. The summed E-state index contributed by atoms with van der Waals surface area (Å²) >= 11 is 0. The van der Waals surface area contributed by atoms with Gasteiger partial charge in [0.25, 0.3) is 11.6 Å². The van der Waals surface area contributed by atoms with Crippen LogP contribution in [-0.4, -0.2) is 51.3 Å². The Hall–Kier alpha value is -2.19. The van der Waals surface area contributed by atoms with Gasteiger partial charge in [-0.25, -0.2) is 0 Å². The fraction of sp³-hybridized carbons (Fsp3) is 0.562. The molecule has 1 fully saturated rings. The van der Waals surface area contributed by atoms with Crippen molar-refractivity contribution >= 4 is 11.6 Å². The highest BCUT2D eigenvalue weighted by atomic mass is 16.6. The number of benzene rings is 1. The first-order valence-corrected chi connectivity index (χ1v) is 7.82. The zero-order chi connectivity index (χ0) is 17.6. The van der Waals surface area contributed by atoms with Crippen molar-refractivity contribution in [3.8, 4) is 5.75 Å². The van der Waals surface area contributed by atoms with Crippen molar-refractivity contribution in [3.05, 3.63) is 33.9 Å². The molecule has 1 aromatic carbocycles. The number of methoxy groups -OCH3 is 2. The first-order valence-electron chi connectivity index (χ1n) is 7.82. The molecule has 0 unspecified atom stereocenters. The highest BCUT2D eigenvalue weighted by Gasteiger charge is 2.33. The predicted molar refractivity (Wildman–Crippen MR) is 88.4 cm³/mol. The summed E-state index contributed by atoms with van der Waals surface area (Å²) < 4.78 is 10.5. The van der Waals surface area contributed by atoms with Crippen molar-refractivity contribution < 1.29 is 19.2 Å². The van der Waals surface area contributed by atoms with Crippen LogP contribution < -0.4 is 15.4 Å². The Bertz CT molecular complexity index is 594. The monoisotopic (exact) mass is 337 g/mol. The lowest BCUT2D eigenvalue weighted by atomic mass is 9.79. The van der Waals surface area contributed by atoms with E-state index < -0.39 is 4.92 Å². The lowest BCUT2D eigenvalue weighted by molar-refractivity contribution is -0.384. The van der Waals surface area contributed by atoms with Crippen LogP contribution in [-0.2, 0) is 4.74 Å². The zero-order valence-electron chi connectivity index (χ0n) is 14.0. The van der Waals surface area contributed by atoms with E-state index >= 15 is 0 Å². The van der Waals surface area contributed by atoms with Gasteiger partial charge in [0.1, 0.15) is 5.75 Å². The molecule has 2 rings (SSSR count). The molecular weight excluding hydrogens is 314 g/mol. The molecule has 1 saturated heterocycles. The van der Waals surface area contributed by atoms with Crippen molar-refractivity contribution in [3.63, 3.8) is 0 Å². The van der Waals surface area contributed by atoms with Gasteiger partial charge >= 0.3 is 0 Å². The largest absolute Gasteiger partial charge is 0.496 e. The van der Waals surface area contributed by atoms with E-state index in [1.165, 1.54) is 25.3 Å². The van der Waals surface area contributed by atoms with E-state index in [-0.39, 0.29) is 22.6 Å². The van der Waals surface area contributed by atoms with Crippen molar-refractivity contribution in [1.82, 2.24) is 10.6 Å². The summed E-state index contributed by atoms with van der Waals surface area (Å²) in [7, 11) is 3.08. The first kappa shape index (κ1) is 18.2. The third-order valence-corrected chi connectivity index (χ3v) is 4.38. The maximum atomic E-state index is 12.5. The molecule has 1 amide bonds. The SMILES string of the molecule is COCC1(CNC(=O)c2cc([N+](=O)[O-])ccc2OC)CCNCC1. The summed E-state index contributed by atoms with van der Waals surface area (Å²) in [5.41, 5.74) is -0.105. The average molecular weight is 337 g/mol. The van der Waals surface area contributed by atoms with Gasteiger partial charge in [-0.05, 0) is 32.0 Å². The lowest BCUT2D eigenvalue weighted by Gasteiger charge is -2.37. The molecule has 1 aromatic rings. The normalized spacial score (nSPS) is 16.4. The third-order valence-electron chi connectivity index (χ3n) is 4.38. The van der Waals surface area contributed by atoms with Gasteiger partial charge in [-0.15, -0.1) is 0 Å². The molecule has 0 aromatic heterocycles. The number of nitrogens with one attached hydrogen (secondary N) is 2. The number of amides is 1. The van der Waals surface area contributed by atoms with Crippen LogP contribution in [0.3, 0.4) is 0 Å². The number of piperidine rings is 1. The van der Waals surface area contributed by atoms with E-state index in [9.17, 15) is 14.9 Å². The quantitative estimate of drug-likeness (QED) is 0.575. The lowest BCUT2D eigenvalue weighted by Crippen LogP contribution is -2.47. The van der Waals surface area contributed by atoms with Gasteiger partial charge < -0.3 is 20.1 Å². The van der Waals surface area contributed by atoms with Gasteiger partial charge in [0, 0.05) is 31.2 Å².